The first-order valence-electron chi connectivity index (χ1n) is 5.91. The van der Waals surface area contributed by atoms with Crippen molar-refractivity contribution >= 4 is 0 Å². The lowest BCUT2D eigenvalue weighted by Gasteiger charge is -2.14. The molecule has 0 fully saturated rings. The summed E-state index contributed by atoms with van der Waals surface area (Å²) in [4.78, 5) is 19.2. The Morgan fingerprint density at radius 1 is 1.50 bits per heavy atom. The van der Waals surface area contributed by atoms with Gasteiger partial charge in [-0.25, -0.2) is 4.98 Å². The summed E-state index contributed by atoms with van der Waals surface area (Å²) < 4.78 is 5.36. The minimum atomic E-state index is -0.0800. The summed E-state index contributed by atoms with van der Waals surface area (Å²) in [5.74, 6) is 0.690. The molecule has 1 aliphatic carbocycles. The Bertz CT molecular complexity index is 426. The number of hydrogen-bond donors (Lipinski definition) is 1. The molecule has 0 aliphatic heterocycles. The number of fused-ring (bicyclic) bond motifs is 1. The van der Waals surface area contributed by atoms with Crippen molar-refractivity contribution in [1.29, 1.82) is 0 Å². The van der Waals surface area contributed by atoms with E-state index in [1.54, 1.807) is 7.11 Å². The zero-order chi connectivity index (χ0) is 11.5. The lowest BCUT2D eigenvalue weighted by molar-refractivity contribution is 0.0872. The third-order valence-corrected chi connectivity index (χ3v) is 3.10. The molecular weight excluding hydrogens is 204 g/mol. The average molecular weight is 222 g/mol. The lowest BCUT2D eigenvalue weighted by atomic mass is 10.2. The number of aryl methyl sites for hydroxylation is 1. The fourth-order valence-corrected chi connectivity index (χ4v) is 2.24. The van der Waals surface area contributed by atoms with Crippen molar-refractivity contribution in [2.24, 2.45) is 0 Å². The van der Waals surface area contributed by atoms with E-state index in [1.165, 1.54) is 0 Å². The van der Waals surface area contributed by atoms with E-state index in [-0.39, 0.29) is 11.7 Å². The molecule has 0 saturated heterocycles. The van der Waals surface area contributed by atoms with Gasteiger partial charge in [0.25, 0.3) is 5.56 Å². The van der Waals surface area contributed by atoms with Gasteiger partial charge in [-0.1, -0.05) is 13.3 Å². The molecule has 0 amide bonds. The van der Waals surface area contributed by atoms with Crippen molar-refractivity contribution in [3.63, 3.8) is 0 Å². The van der Waals surface area contributed by atoms with E-state index in [9.17, 15) is 4.79 Å². The fourth-order valence-electron chi connectivity index (χ4n) is 2.24. The molecule has 1 unspecified atom stereocenters. The molecule has 88 valence electrons. The van der Waals surface area contributed by atoms with Crippen LogP contribution in [-0.2, 0) is 17.6 Å². The summed E-state index contributed by atoms with van der Waals surface area (Å²) in [6.07, 6.45) is 4.65. The van der Waals surface area contributed by atoms with E-state index < -0.39 is 0 Å². The summed E-state index contributed by atoms with van der Waals surface area (Å²) in [6.45, 7) is 2.09. The van der Waals surface area contributed by atoms with E-state index in [1.807, 2.05) is 0 Å². The monoisotopic (exact) mass is 222 g/mol. The molecule has 2 rings (SSSR count). The Hall–Kier alpha value is -1.16. The standard InChI is InChI=1S/C12H18N2O2/c1-3-5-10(16-2)11-13-9-7-4-6-8(9)12(15)14-11/h10H,3-7H2,1-2H3,(H,13,14,15). The normalized spacial score (nSPS) is 16.1. The van der Waals surface area contributed by atoms with Crippen LogP contribution in [0.1, 0.15) is 49.4 Å². The lowest BCUT2D eigenvalue weighted by Crippen LogP contribution is -2.19. The summed E-state index contributed by atoms with van der Waals surface area (Å²) >= 11 is 0. The first-order chi connectivity index (χ1) is 7.76. The van der Waals surface area contributed by atoms with Crippen LogP contribution in [0.4, 0.5) is 0 Å². The van der Waals surface area contributed by atoms with Crippen LogP contribution >= 0.6 is 0 Å². The van der Waals surface area contributed by atoms with Crippen molar-refractivity contribution < 1.29 is 4.74 Å². The minimum Gasteiger partial charge on any atom is -0.374 e. The van der Waals surface area contributed by atoms with Crippen molar-refractivity contribution in [3.8, 4) is 0 Å². The summed E-state index contributed by atoms with van der Waals surface area (Å²) in [6, 6.07) is 0. The highest BCUT2D eigenvalue weighted by Crippen LogP contribution is 2.21. The van der Waals surface area contributed by atoms with Gasteiger partial charge in [0.1, 0.15) is 11.9 Å². The molecule has 0 radical (unpaired) electrons. The number of rotatable bonds is 4. The quantitative estimate of drug-likeness (QED) is 0.844. The van der Waals surface area contributed by atoms with Gasteiger partial charge in [-0.05, 0) is 25.7 Å². The van der Waals surface area contributed by atoms with Crippen LogP contribution in [0, 0.1) is 0 Å². The SMILES string of the molecule is CCCC(OC)c1nc2c(c(=O)[nH]1)CCC2. The zero-order valence-electron chi connectivity index (χ0n) is 9.88. The molecule has 0 saturated carbocycles. The third-order valence-electron chi connectivity index (χ3n) is 3.10. The van der Waals surface area contributed by atoms with Crippen LogP contribution in [0.5, 0.6) is 0 Å². The van der Waals surface area contributed by atoms with E-state index in [4.69, 9.17) is 4.74 Å². The molecule has 4 heteroatoms. The highest BCUT2D eigenvalue weighted by Gasteiger charge is 2.20. The second-order valence-electron chi connectivity index (χ2n) is 4.24. The fraction of sp³-hybridized carbons (Fsp3) is 0.667. The van der Waals surface area contributed by atoms with Crippen molar-refractivity contribution in [2.75, 3.05) is 7.11 Å². The van der Waals surface area contributed by atoms with Crippen molar-refractivity contribution in [2.45, 2.75) is 45.1 Å². The number of nitrogens with zero attached hydrogens (tertiary/aromatic N) is 1. The van der Waals surface area contributed by atoms with Crippen LogP contribution in [0.3, 0.4) is 0 Å². The predicted molar refractivity (Wildman–Crippen MR) is 61.5 cm³/mol. The highest BCUT2D eigenvalue weighted by atomic mass is 16.5. The van der Waals surface area contributed by atoms with E-state index in [0.29, 0.717) is 5.82 Å². The molecule has 0 spiro atoms. The summed E-state index contributed by atoms with van der Waals surface area (Å²) in [5.41, 5.74) is 1.86. The summed E-state index contributed by atoms with van der Waals surface area (Å²) in [5, 5.41) is 0. The van der Waals surface area contributed by atoms with Gasteiger partial charge in [-0.15, -0.1) is 0 Å². The number of hydrogen-bond acceptors (Lipinski definition) is 3. The van der Waals surface area contributed by atoms with Crippen LogP contribution in [0.15, 0.2) is 4.79 Å². The van der Waals surface area contributed by atoms with Crippen LogP contribution in [-0.4, -0.2) is 17.1 Å². The molecule has 0 aromatic carbocycles. The van der Waals surface area contributed by atoms with Crippen molar-refractivity contribution in [1.82, 2.24) is 9.97 Å². The zero-order valence-corrected chi connectivity index (χ0v) is 9.88. The molecule has 1 heterocycles. The second kappa shape index (κ2) is 4.78. The first-order valence-corrected chi connectivity index (χ1v) is 5.91. The second-order valence-corrected chi connectivity index (χ2v) is 4.24. The molecule has 16 heavy (non-hydrogen) atoms. The average Bonchev–Trinajstić information content (AvgIpc) is 2.74. The minimum absolute atomic E-state index is 0.0238. The van der Waals surface area contributed by atoms with Gasteiger partial charge in [-0.3, -0.25) is 4.79 Å². The van der Waals surface area contributed by atoms with Crippen LogP contribution in [0.2, 0.25) is 0 Å². The molecule has 1 aromatic rings. The highest BCUT2D eigenvalue weighted by molar-refractivity contribution is 5.23. The Morgan fingerprint density at radius 3 is 3.00 bits per heavy atom. The number of nitrogens with one attached hydrogen (secondary N) is 1. The predicted octanol–water partition coefficient (Wildman–Crippen LogP) is 1.75. The molecule has 1 atom stereocenters. The number of H-pyrrole nitrogens is 1. The Kier molecular flexibility index (Phi) is 3.39. The Morgan fingerprint density at radius 2 is 2.31 bits per heavy atom. The third kappa shape index (κ3) is 2.02. The molecule has 1 aliphatic rings. The van der Waals surface area contributed by atoms with Gasteiger partial charge in [0.15, 0.2) is 0 Å². The number of methoxy groups -OCH3 is 1. The largest absolute Gasteiger partial charge is 0.374 e. The van der Waals surface area contributed by atoms with E-state index in [2.05, 4.69) is 16.9 Å². The van der Waals surface area contributed by atoms with Gasteiger partial charge in [-0.2, -0.15) is 0 Å². The van der Waals surface area contributed by atoms with Crippen molar-refractivity contribution in [3.05, 3.63) is 27.4 Å². The maximum Gasteiger partial charge on any atom is 0.254 e. The maximum atomic E-state index is 11.8. The topological polar surface area (TPSA) is 55.0 Å². The van der Waals surface area contributed by atoms with Gasteiger partial charge >= 0.3 is 0 Å². The number of ether oxygens (including phenoxy) is 1. The Labute approximate surface area is 95.1 Å². The van der Waals surface area contributed by atoms with Gasteiger partial charge < -0.3 is 9.72 Å². The summed E-state index contributed by atoms with van der Waals surface area (Å²) in [7, 11) is 1.66. The van der Waals surface area contributed by atoms with Crippen LogP contribution in [0.25, 0.3) is 0 Å². The van der Waals surface area contributed by atoms with Gasteiger partial charge in [0.05, 0.1) is 5.69 Å². The van der Waals surface area contributed by atoms with Gasteiger partial charge in [0.2, 0.25) is 0 Å². The molecule has 1 aromatic heterocycles. The molecule has 1 N–H and O–H groups in total. The van der Waals surface area contributed by atoms with Gasteiger partial charge in [0, 0.05) is 12.7 Å². The van der Waals surface area contributed by atoms with Crippen LogP contribution < -0.4 is 5.56 Å². The molecular formula is C12H18N2O2. The first kappa shape index (κ1) is 11.3. The molecule has 4 nitrogen and oxygen atoms in total. The Balaban J connectivity index is 2.35. The maximum absolute atomic E-state index is 11.8. The molecule has 0 bridgehead atoms. The smallest absolute Gasteiger partial charge is 0.254 e. The van der Waals surface area contributed by atoms with E-state index in [0.717, 1.165) is 43.4 Å². The van der Waals surface area contributed by atoms with E-state index >= 15 is 0 Å². The number of aromatic amines is 1. The number of aromatic nitrogens is 2.